The van der Waals surface area contributed by atoms with Gasteiger partial charge in [-0.3, -0.25) is 0 Å². The number of hydrogen-bond donors (Lipinski definition) is 1. The lowest BCUT2D eigenvalue weighted by Crippen LogP contribution is -2.34. The zero-order chi connectivity index (χ0) is 19.1. The van der Waals surface area contributed by atoms with Crippen molar-refractivity contribution in [1.82, 2.24) is 15.1 Å². The molecule has 5 rings (SSSR count). The Morgan fingerprint density at radius 1 is 1.11 bits per heavy atom. The molecular formula is C21H24ClFN4O. The minimum atomic E-state index is -0.334. The molecule has 5 nitrogen and oxygen atoms in total. The van der Waals surface area contributed by atoms with Gasteiger partial charge in [-0.2, -0.15) is 0 Å². The van der Waals surface area contributed by atoms with Gasteiger partial charge >= 0.3 is 0 Å². The number of rotatable bonds is 5. The molecular weight excluding hydrogens is 379 g/mol. The summed E-state index contributed by atoms with van der Waals surface area (Å²) in [4.78, 5) is 2.62. The maximum Gasteiger partial charge on any atom is 0.148 e. The van der Waals surface area contributed by atoms with E-state index in [2.05, 4.69) is 20.4 Å². The van der Waals surface area contributed by atoms with Crippen molar-refractivity contribution >= 4 is 17.4 Å². The van der Waals surface area contributed by atoms with Crippen LogP contribution in [0.2, 0.25) is 5.02 Å². The number of fused-ring (bicyclic) bond motifs is 1. The standard InChI is InChI=1S/C21H24ClFN4O/c22-18-2-1-14(23)9-15(18)19-3-4-20(26-25-19)24-21-16-11-27(12-17(16)21)10-13-5-7-28-8-6-13/h1-4,9,13,16-17,21H,5-8,10-12H2,(H,24,26)/t16-,17+,21+. The lowest BCUT2D eigenvalue weighted by molar-refractivity contribution is 0.0540. The second-order valence-corrected chi connectivity index (χ2v) is 8.61. The first kappa shape index (κ1) is 18.3. The van der Waals surface area contributed by atoms with Gasteiger partial charge in [-0.05, 0) is 60.9 Å². The third-order valence-corrected chi connectivity index (χ3v) is 6.64. The number of likely N-dealkylation sites (tertiary alicyclic amines) is 1. The van der Waals surface area contributed by atoms with Crippen molar-refractivity contribution < 1.29 is 9.13 Å². The number of hydrogen-bond acceptors (Lipinski definition) is 5. The van der Waals surface area contributed by atoms with E-state index in [-0.39, 0.29) is 5.82 Å². The molecule has 28 heavy (non-hydrogen) atoms. The molecule has 1 N–H and O–H groups in total. The van der Waals surface area contributed by atoms with Crippen molar-refractivity contribution in [2.24, 2.45) is 17.8 Å². The Hall–Kier alpha value is -1.76. The molecule has 3 atom stereocenters. The summed E-state index contributed by atoms with van der Waals surface area (Å²) in [5, 5.41) is 12.5. The second-order valence-electron chi connectivity index (χ2n) is 8.20. The summed E-state index contributed by atoms with van der Waals surface area (Å²) in [5.41, 5.74) is 1.14. The maximum atomic E-state index is 13.5. The molecule has 0 radical (unpaired) electrons. The zero-order valence-electron chi connectivity index (χ0n) is 15.7. The van der Waals surface area contributed by atoms with Crippen LogP contribution in [-0.4, -0.2) is 54.0 Å². The number of piperidine rings is 1. The summed E-state index contributed by atoms with van der Waals surface area (Å²) in [6.07, 6.45) is 2.40. The molecule has 2 aromatic rings. The van der Waals surface area contributed by atoms with Gasteiger partial charge < -0.3 is 15.0 Å². The topological polar surface area (TPSA) is 50.3 Å². The minimum absolute atomic E-state index is 0.334. The van der Waals surface area contributed by atoms with Crippen LogP contribution in [0.4, 0.5) is 10.2 Å². The highest BCUT2D eigenvalue weighted by Gasteiger charge is 2.55. The Kier molecular flexibility index (Phi) is 4.95. The number of benzene rings is 1. The molecule has 0 amide bonds. The molecule has 0 bridgehead atoms. The van der Waals surface area contributed by atoms with Gasteiger partial charge in [0.1, 0.15) is 11.6 Å². The van der Waals surface area contributed by atoms with Crippen LogP contribution in [0, 0.1) is 23.6 Å². The number of anilines is 1. The quantitative estimate of drug-likeness (QED) is 0.826. The van der Waals surface area contributed by atoms with Crippen LogP contribution in [0.5, 0.6) is 0 Å². The van der Waals surface area contributed by atoms with E-state index < -0.39 is 0 Å². The molecule has 3 aliphatic rings. The van der Waals surface area contributed by atoms with Crippen LogP contribution in [0.3, 0.4) is 0 Å². The molecule has 2 aliphatic heterocycles. The highest BCUT2D eigenvalue weighted by molar-refractivity contribution is 6.33. The van der Waals surface area contributed by atoms with Crippen molar-refractivity contribution in [2.45, 2.75) is 18.9 Å². The minimum Gasteiger partial charge on any atom is -0.381 e. The van der Waals surface area contributed by atoms with Crippen LogP contribution in [0.25, 0.3) is 11.3 Å². The third kappa shape index (κ3) is 3.73. The van der Waals surface area contributed by atoms with Crippen molar-refractivity contribution in [3.8, 4) is 11.3 Å². The van der Waals surface area contributed by atoms with Crippen LogP contribution in [-0.2, 0) is 4.74 Å². The smallest absolute Gasteiger partial charge is 0.148 e. The van der Waals surface area contributed by atoms with Gasteiger partial charge in [-0.25, -0.2) is 4.39 Å². The van der Waals surface area contributed by atoms with E-state index in [1.807, 2.05) is 12.1 Å². The fourth-order valence-electron chi connectivity index (χ4n) is 4.69. The number of nitrogens with one attached hydrogen (secondary N) is 1. The molecule has 0 spiro atoms. The Bertz CT molecular complexity index is 831. The average molecular weight is 403 g/mol. The fraction of sp³-hybridized carbons (Fsp3) is 0.524. The Morgan fingerprint density at radius 2 is 1.89 bits per heavy atom. The number of nitrogens with zero attached hydrogens (tertiary/aromatic N) is 3. The van der Waals surface area contributed by atoms with Crippen LogP contribution < -0.4 is 5.32 Å². The number of halogens is 2. The van der Waals surface area contributed by atoms with Gasteiger partial charge in [0, 0.05) is 44.5 Å². The van der Waals surface area contributed by atoms with Crippen LogP contribution in [0.15, 0.2) is 30.3 Å². The molecule has 2 saturated heterocycles. The summed E-state index contributed by atoms with van der Waals surface area (Å²) >= 11 is 6.15. The van der Waals surface area contributed by atoms with Crippen LogP contribution >= 0.6 is 11.6 Å². The Balaban J connectivity index is 1.15. The molecule has 7 heteroatoms. The lowest BCUT2D eigenvalue weighted by atomic mass is 10.00. The molecule has 3 fully saturated rings. The van der Waals surface area contributed by atoms with E-state index in [1.165, 1.54) is 50.7 Å². The van der Waals surface area contributed by atoms with Gasteiger partial charge in [-0.1, -0.05) is 11.6 Å². The first-order chi connectivity index (χ1) is 13.7. The molecule has 1 saturated carbocycles. The number of ether oxygens (including phenoxy) is 1. The first-order valence-electron chi connectivity index (χ1n) is 10.0. The highest BCUT2D eigenvalue weighted by Crippen LogP contribution is 2.47. The van der Waals surface area contributed by atoms with Gasteiger partial charge in [0.15, 0.2) is 0 Å². The van der Waals surface area contributed by atoms with E-state index in [0.717, 1.165) is 24.9 Å². The summed E-state index contributed by atoms with van der Waals surface area (Å²) in [7, 11) is 0. The van der Waals surface area contributed by atoms with Gasteiger partial charge in [0.2, 0.25) is 0 Å². The lowest BCUT2D eigenvalue weighted by Gasteiger charge is -2.28. The third-order valence-electron chi connectivity index (χ3n) is 6.31. The predicted molar refractivity (Wildman–Crippen MR) is 107 cm³/mol. The predicted octanol–water partition coefficient (Wildman–Crippen LogP) is 3.70. The maximum absolute atomic E-state index is 13.5. The van der Waals surface area contributed by atoms with E-state index in [1.54, 1.807) is 0 Å². The first-order valence-corrected chi connectivity index (χ1v) is 10.4. The molecule has 1 aromatic heterocycles. The molecule has 1 aliphatic carbocycles. The van der Waals surface area contributed by atoms with Gasteiger partial charge in [0.25, 0.3) is 0 Å². The fourth-order valence-corrected chi connectivity index (χ4v) is 4.90. The van der Waals surface area contributed by atoms with Crippen molar-refractivity contribution in [3.63, 3.8) is 0 Å². The number of aromatic nitrogens is 2. The molecule has 1 aromatic carbocycles. The van der Waals surface area contributed by atoms with E-state index in [4.69, 9.17) is 16.3 Å². The molecule has 0 unspecified atom stereocenters. The largest absolute Gasteiger partial charge is 0.381 e. The van der Waals surface area contributed by atoms with E-state index in [0.29, 0.717) is 34.2 Å². The Labute approximate surface area is 169 Å². The summed E-state index contributed by atoms with van der Waals surface area (Å²) in [6, 6.07) is 8.49. The summed E-state index contributed by atoms with van der Waals surface area (Å²) in [5.74, 6) is 2.65. The SMILES string of the molecule is Fc1ccc(Cl)c(-c2ccc(N[C@H]3[C@@H]4CN(CC5CCOCC5)C[C@@H]43)nn2)c1. The van der Waals surface area contributed by atoms with E-state index >= 15 is 0 Å². The summed E-state index contributed by atoms with van der Waals surface area (Å²) in [6.45, 7) is 5.40. The normalized spacial score (nSPS) is 27.6. The van der Waals surface area contributed by atoms with Gasteiger partial charge in [0.05, 0.1) is 10.7 Å². The van der Waals surface area contributed by atoms with E-state index in [9.17, 15) is 4.39 Å². The van der Waals surface area contributed by atoms with Crippen LogP contribution in [0.1, 0.15) is 12.8 Å². The zero-order valence-corrected chi connectivity index (χ0v) is 16.4. The van der Waals surface area contributed by atoms with Crippen molar-refractivity contribution in [1.29, 1.82) is 0 Å². The second kappa shape index (κ2) is 7.58. The highest BCUT2D eigenvalue weighted by atomic mass is 35.5. The van der Waals surface area contributed by atoms with Crippen molar-refractivity contribution in [2.75, 3.05) is 38.2 Å². The van der Waals surface area contributed by atoms with Gasteiger partial charge in [-0.15, -0.1) is 10.2 Å². The van der Waals surface area contributed by atoms with Crippen molar-refractivity contribution in [3.05, 3.63) is 41.2 Å². The average Bonchev–Trinajstić information content (AvgIpc) is 3.15. The monoisotopic (exact) mass is 402 g/mol. The molecule has 3 heterocycles. The molecule has 148 valence electrons. The Morgan fingerprint density at radius 3 is 2.61 bits per heavy atom. The summed E-state index contributed by atoms with van der Waals surface area (Å²) < 4.78 is 18.9.